The normalized spacial score (nSPS) is 10.9. The molecule has 2 aromatic rings. The number of hydrogen-bond donors (Lipinski definition) is 1. The fourth-order valence-electron chi connectivity index (χ4n) is 1.59. The van der Waals surface area contributed by atoms with Crippen LogP contribution >= 0.6 is 0 Å². The lowest BCUT2D eigenvalue weighted by atomic mass is 10.1. The van der Waals surface area contributed by atoms with Crippen molar-refractivity contribution in [3.05, 3.63) is 48.3 Å². The molecule has 0 fully saturated rings. The Morgan fingerprint density at radius 1 is 1.47 bits per heavy atom. The van der Waals surface area contributed by atoms with E-state index in [-0.39, 0.29) is 6.61 Å². The summed E-state index contributed by atoms with van der Waals surface area (Å²) in [7, 11) is 1.63. The summed E-state index contributed by atoms with van der Waals surface area (Å²) in [4.78, 5) is 0. The van der Waals surface area contributed by atoms with Crippen molar-refractivity contribution in [2.75, 3.05) is 13.7 Å². The van der Waals surface area contributed by atoms with Crippen LogP contribution in [0.4, 0.5) is 0 Å². The van der Waals surface area contributed by atoms with Gasteiger partial charge in [-0.15, -0.1) is 0 Å². The molecule has 0 aliphatic carbocycles. The average molecular weight is 230 g/mol. The molecular weight excluding hydrogens is 216 g/mol. The molecule has 1 aromatic heterocycles. The topological polar surface area (TPSA) is 47.3 Å². The molecule has 0 bridgehead atoms. The zero-order chi connectivity index (χ0) is 12.1. The predicted octanol–water partition coefficient (Wildman–Crippen LogP) is 1.89. The van der Waals surface area contributed by atoms with Crippen LogP contribution in [0.2, 0.25) is 0 Å². The molecule has 0 aliphatic rings. The fourth-order valence-corrected chi connectivity index (χ4v) is 1.59. The third-order valence-corrected chi connectivity index (χ3v) is 2.37. The smallest absolute Gasteiger partial charge is 0.145 e. The lowest BCUT2D eigenvalue weighted by Gasteiger charge is -2.09. The molecule has 0 aliphatic heterocycles. The van der Waals surface area contributed by atoms with Gasteiger partial charge in [-0.2, -0.15) is 5.10 Å². The monoisotopic (exact) mass is 230 g/mol. The molecule has 0 saturated heterocycles. The highest BCUT2D eigenvalue weighted by Crippen LogP contribution is 2.24. The van der Waals surface area contributed by atoms with Crippen molar-refractivity contribution >= 4 is 6.08 Å². The summed E-state index contributed by atoms with van der Waals surface area (Å²) in [6.45, 7) is 0.0310. The van der Waals surface area contributed by atoms with E-state index in [2.05, 4.69) is 5.10 Å². The summed E-state index contributed by atoms with van der Waals surface area (Å²) < 4.78 is 7.08. The molecule has 88 valence electrons. The Morgan fingerprint density at radius 2 is 2.35 bits per heavy atom. The highest BCUT2D eigenvalue weighted by molar-refractivity contribution is 5.58. The highest BCUT2D eigenvalue weighted by Gasteiger charge is 2.05. The summed E-state index contributed by atoms with van der Waals surface area (Å²) in [5, 5.41) is 12.9. The number of rotatable bonds is 4. The van der Waals surface area contributed by atoms with Crippen LogP contribution in [-0.4, -0.2) is 28.6 Å². The second-order valence-corrected chi connectivity index (χ2v) is 3.47. The zero-order valence-electron chi connectivity index (χ0n) is 9.58. The molecule has 0 radical (unpaired) electrons. The van der Waals surface area contributed by atoms with E-state index >= 15 is 0 Å². The molecular formula is C13H14N2O2. The summed E-state index contributed by atoms with van der Waals surface area (Å²) in [5.74, 6) is 0.744. The molecule has 2 rings (SSSR count). The van der Waals surface area contributed by atoms with Crippen LogP contribution in [0.15, 0.2) is 42.7 Å². The van der Waals surface area contributed by atoms with Gasteiger partial charge in [0.25, 0.3) is 0 Å². The maximum atomic E-state index is 8.73. The number of ether oxygens (including phenoxy) is 1. The van der Waals surface area contributed by atoms with Gasteiger partial charge in [-0.25, -0.2) is 4.68 Å². The Kier molecular flexibility index (Phi) is 3.57. The van der Waals surface area contributed by atoms with E-state index in [4.69, 9.17) is 9.84 Å². The zero-order valence-corrected chi connectivity index (χ0v) is 9.58. The minimum absolute atomic E-state index is 0.0310. The van der Waals surface area contributed by atoms with Gasteiger partial charge in [-0.3, -0.25) is 0 Å². The van der Waals surface area contributed by atoms with Crippen LogP contribution in [0.5, 0.6) is 5.75 Å². The first-order valence-corrected chi connectivity index (χ1v) is 5.30. The van der Waals surface area contributed by atoms with Crippen LogP contribution in [0.1, 0.15) is 5.56 Å². The van der Waals surface area contributed by atoms with Crippen molar-refractivity contribution in [3.8, 4) is 11.4 Å². The van der Waals surface area contributed by atoms with Crippen molar-refractivity contribution < 1.29 is 9.84 Å². The van der Waals surface area contributed by atoms with Crippen LogP contribution in [0.25, 0.3) is 11.8 Å². The minimum Gasteiger partial charge on any atom is -0.494 e. The van der Waals surface area contributed by atoms with E-state index in [9.17, 15) is 0 Å². The van der Waals surface area contributed by atoms with E-state index in [1.54, 1.807) is 24.1 Å². The van der Waals surface area contributed by atoms with Gasteiger partial charge in [-0.05, 0) is 23.8 Å². The van der Waals surface area contributed by atoms with Crippen LogP contribution < -0.4 is 4.74 Å². The maximum absolute atomic E-state index is 8.73. The van der Waals surface area contributed by atoms with E-state index in [1.807, 2.05) is 36.5 Å². The summed E-state index contributed by atoms with van der Waals surface area (Å²) in [5.41, 5.74) is 1.87. The number of methoxy groups -OCH3 is 1. The van der Waals surface area contributed by atoms with Crippen molar-refractivity contribution in [2.24, 2.45) is 0 Å². The van der Waals surface area contributed by atoms with E-state index in [0.29, 0.717) is 0 Å². The average Bonchev–Trinajstić information content (AvgIpc) is 2.89. The highest BCUT2D eigenvalue weighted by atomic mass is 16.5. The van der Waals surface area contributed by atoms with Crippen LogP contribution in [0.3, 0.4) is 0 Å². The quantitative estimate of drug-likeness (QED) is 0.872. The van der Waals surface area contributed by atoms with Gasteiger partial charge < -0.3 is 9.84 Å². The number of aliphatic hydroxyl groups is 1. The van der Waals surface area contributed by atoms with E-state index < -0.39 is 0 Å². The molecule has 1 heterocycles. The summed E-state index contributed by atoms with van der Waals surface area (Å²) in [6.07, 6.45) is 7.11. The van der Waals surface area contributed by atoms with E-state index in [1.165, 1.54) is 0 Å². The van der Waals surface area contributed by atoms with Gasteiger partial charge >= 0.3 is 0 Å². The Morgan fingerprint density at radius 3 is 3.00 bits per heavy atom. The number of hydrogen-bond acceptors (Lipinski definition) is 3. The van der Waals surface area contributed by atoms with Crippen molar-refractivity contribution in [1.29, 1.82) is 0 Å². The Hall–Kier alpha value is -2.07. The third kappa shape index (κ3) is 2.54. The number of benzene rings is 1. The third-order valence-electron chi connectivity index (χ3n) is 2.37. The second kappa shape index (κ2) is 5.32. The molecule has 4 heteroatoms. The van der Waals surface area contributed by atoms with Gasteiger partial charge in [0.05, 0.1) is 13.7 Å². The fraction of sp³-hybridized carbons (Fsp3) is 0.154. The molecule has 0 amide bonds. The molecule has 17 heavy (non-hydrogen) atoms. The second-order valence-electron chi connectivity index (χ2n) is 3.47. The Labute approximate surface area is 99.8 Å². The SMILES string of the molecule is COc1cc(C=CCO)ccc1-n1cccn1. The standard InChI is InChI=1S/C13H14N2O2/c1-17-13-10-11(4-2-9-16)5-6-12(13)15-8-3-7-14-15/h2-8,10,16H,9H2,1H3. The van der Waals surface area contributed by atoms with Crippen molar-refractivity contribution in [3.63, 3.8) is 0 Å². The maximum Gasteiger partial charge on any atom is 0.145 e. The lowest BCUT2D eigenvalue weighted by Crippen LogP contribution is -1.98. The number of aromatic nitrogens is 2. The lowest BCUT2D eigenvalue weighted by molar-refractivity contribution is 0.343. The number of aliphatic hydroxyl groups excluding tert-OH is 1. The summed E-state index contributed by atoms with van der Waals surface area (Å²) in [6, 6.07) is 7.65. The Bertz CT molecular complexity index is 504. The van der Waals surface area contributed by atoms with Crippen LogP contribution in [-0.2, 0) is 0 Å². The van der Waals surface area contributed by atoms with Crippen molar-refractivity contribution in [2.45, 2.75) is 0 Å². The Balaban J connectivity index is 2.39. The predicted molar refractivity (Wildman–Crippen MR) is 66.2 cm³/mol. The van der Waals surface area contributed by atoms with Gasteiger partial charge in [0.1, 0.15) is 11.4 Å². The van der Waals surface area contributed by atoms with Gasteiger partial charge in [0.15, 0.2) is 0 Å². The van der Waals surface area contributed by atoms with Crippen molar-refractivity contribution in [1.82, 2.24) is 9.78 Å². The van der Waals surface area contributed by atoms with Gasteiger partial charge in [-0.1, -0.05) is 18.2 Å². The molecule has 0 spiro atoms. The number of nitrogens with zero attached hydrogens (tertiary/aromatic N) is 2. The van der Waals surface area contributed by atoms with E-state index in [0.717, 1.165) is 17.0 Å². The molecule has 0 unspecified atom stereocenters. The minimum atomic E-state index is 0.0310. The van der Waals surface area contributed by atoms with Gasteiger partial charge in [0, 0.05) is 12.4 Å². The molecule has 0 saturated carbocycles. The molecule has 1 aromatic carbocycles. The molecule has 4 nitrogen and oxygen atoms in total. The first-order valence-electron chi connectivity index (χ1n) is 5.30. The van der Waals surface area contributed by atoms with Crippen LogP contribution in [0, 0.1) is 0 Å². The first kappa shape index (κ1) is 11.4. The molecule has 0 atom stereocenters. The molecule has 1 N–H and O–H groups in total. The van der Waals surface area contributed by atoms with Gasteiger partial charge in [0.2, 0.25) is 0 Å². The first-order chi connectivity index (χ1) is 8.35. The largest absolute Gasteiger partial charge is 0.494 e. The summed E-state index contributed by atoms with van der Waals surface area (Å²) >= 11 is 0.